The molecule has 0 saturated heterocycles. The van der Waals surface area contributed by atoms with Crippen LogP contribution < -0.4 is 0 Å². The molecule has 2 aromatic rings. The molecule has 1 aliphatic rings. The highest BCUT2D eigenvalue weighted by atomic mass is 32.2. The Morgan fingerprint density at radius 2 is 1.35 bits per heavy atom. The van der Waals surface area contributed by atoms with Gasteiger partial charge in [-0.15, -0.1) is 0 Å². The molecule has 0 amide bonds. The van der Waals surface area contributed by atoms with Gasteiger partial charge in [0.15, 0.2) is 0 Å². The molecule has 3 rings (SSSR count). The highest BCUT2D eigenvalue weighted by Crippen LogP contribution is 2.44. The number of esters is 1. The highest BCUT2D eigenvalue weighted by Gasteiger charge is 2.66. The fraction of sp³-hybridized carbons (Fsp3) is 0.235. The molecule has 2 aromatic carbocycles. The molecule has 0 saturated carbocycles. The van der Waals surface area contributed by atoms with Crippen LogP contribution in [0.5, 0.6) is 0 Å². The van der Waals surface area contributed by atoms with Crippen LogP contribution in [0.3, 0.4) is 0 Å². The first kappa shape index (κ1) is 23.1. The summed E-state index contributed by atoms with van der Waals surface area (Å²) in [6.45, 7) is 0. The Labute approximate surface area is 172 Å². The van der Waals surface area contributed by atoms with E-state index in [1.807, 2.05) is 0 Å². The van der Waals surface area contributed by atoms with Crippen LogP contribution in [0.1, 0.15) is 17.0 Å². The van der Waals surface area contributed by atoms with E-state index in [1.54, 1.807) is 0 Å². The topological polar surface area (TPSA) is 115 Å². The Balaban J connectivity index is 2.16. The molecular weight excluding hydrogens is 475 g/mol. The molecule has 0 radical (unpaired) electrons. The fourth-order valence-corrected chi connectivity index (χ4v) is 5.31. The molecule has 1 atom stereocenters. The van der Waals surface area contributed by atoms with Gasteiger partial charge in [-0.25, -0.2) is 8.42 Å². The van der Waals surface area contributed by atoms with E-state index in [9.17, 15) is 43.6 Å². The Hall–Kier alpha value is -2.58. The SMILES string of the molecule is O=C(OC(C(F)(F)F)C(F)(F)S(=O)(=O)O)C1c2ccccc2S(=O)(=O)c2ccccc21. The number of carbonyl (C=O) groups is 1. The minimum Gasteiger partial charge on any atom is -0.444 e. The first-order chi connectivity index (χ1) is 14.1. The molecule has 168 valence electrons. The average molecular weight is 486 g/mol. The Morgan fingerprint density at radius 3 is 1.74 bits per heavy atom. The summed E-state index contributed by atoms with van der Waals surface area (Å²) in [7, 11) is -10.8. The molecule has 0 aromatic heterocycles. The summed E-state index contributed by atoms with van der Waals surface area (Å²) in [5, 5.41) is -5.92. The number of hydrogen-bond acceptors (Lipinski definition) is 6. The maximum atomic E-state index is 13.8. The van der Waals surface area contributed by atoms with Crippen LogP contribution in [-0.2, 0) is 29.5 Å². The third kappa shape index (κ3) is 3.78. The lowest BCUT2D eigenvalue weighted by molar-refractivity contribution is -0.259. The van der Waals surface area contributed by atoms with Gasteiger partial charge in [0.1, 0.15) is 5.92 Å². The monoisotopic (exact) mass is 486 g/mol. The van der Waals surface area contributed by atoms with Crippen molar-refractivity contribution >= 4 is 25.9 Å². The number of fused-ring (bicyclic) bond motifs is 2. The Morgan fingerprint density at radius 1 is 0.935 bits per heavy atom. The number of sulfone groups is 1. The van der Waals surface area contributed by atoms with E-state index in [0.717, 1.165) is 24.3 Å². The first-order valence-electron chi connectivity index (χ1n) is 8.15. The number of benzene rings is 2. The van der Waals surface area contributed by atoms with Crippen LogP contribution in [0, 0.1) is 0 Å². The van der Waals surface area contributed by atoms with Crippen LogP contribution in [-0.4, -0.2) is 44.9 Å². The summed E-state index contributed by atoms with van der Waals surface area (Å²) in [5.74, 6) is -3.88. The molecule has 1 aliphatic heterocycles. The Bertz CT molecular complexity index is 1200. The number of alkyl halides is 5. The second-order valence-electron chi connectivity index (χ2n) is 6.41. The van der Waals surface area contributed by atoms with Crippen LogP contribution in [0.15, 0.2) is 58.3 Å². The third-order valence-electron chi connectivity index (χ3n) is 4.46. The van der Waals surface area contributed by atoms with Crippen molar-refractivity contribution in [2.45, 2.75) is 33.2 Å². The lowest BCUT2D eigenvalue weighted by Crippen LogP contribution is -2.52. The van der Waals surface area contributed by atoms with Crippen LogP contribution in [0.2, 0.25) is 0 Å². The van der Waals surface area contributed by atoms with E-state index in [-0.39, 0.29) is 11.1 Å². The van der Waals surface area contributed by atoms with Gasteiger partial charge in [-0.3, -0.25) is 9.35 Å². The zero-order chi connectivity index (χ0) is 23.4. The lowest BCUT2D eigenvalue weighted by Gasteiger charge is -2.30. The van der Waals surface area contributed by atoms with Gasteiger partial charge in [0, 0.05) is 0 Å². The van der Waals surface area contributed by atoms with Crippen molar-refractivity contribution in [1.82, 2.24) is 0 Å². The number of halogens is 5. The molecular formula is C17H11F5O7S2. The molecule has 0 fully saturated rings. The van der Waals surface area contributed by atoms with Crippen molar-refractivity contribution in [3.05, 3.63) is 59.7 Å². The molecule has 1 N–H and O–H groups in total. The summed E-state index contributed by atoms with van der Waals surface area (Å²) in [4.78, 5) is 11.7. The van der Waals surface area contributed by atoms with Gasteiger partial charge >= 0.3 is 27.5 Å². The second kappa shape index (κ2) is 7.24. The van der Waals surface area contributed by atoms with Gasteiger partial charge in [-0.2, -0.15) is 30.4 Å². The van der Waals surface area contributed by atoms with E-state index in [4.69, 9.17) is 4.55 Å². The molecule has 1 unspecified atom stereocenters. The summed E-state index contributed by atoms with van der Waals surface area (Å²) in [5.41, 5.74) is -0.690. The minimum absolute atomic E-state index is 0.345. The fourth-order valence-electron chi connectivity index (χ4n) is 3.11. The van der Waals surface area contributed by atoms with Crippen molar-refractivity contribution in [2.24, 2.45) is 0 Å². The van der Waals surface area contributed by atoms with E-state index in [2.05, 4.69) is 4.74 Å². The zero-order valence-corrected chi connectivity index (χ0v) is 16.5. The van der Waals surface area contributed by atoms with Gasteiger partial charge in [0.2, 0.25) is 9.84 Å². The van der Waals surface area contributed by atoms with Crippen molar-refractivity contribution in [3.63, 3.8) is 0 Å². The van der Waals surface area contributed by atoms with Gasteiger partial charge < -0.3 is 4.74 Å². The highest BCUT2D eigenvalue weighted by molar-refractivity contribution is 7.91. The van der Waals surface area contributed by atoms with Gasteiger partial charge in [-0.05, 0) is 23.3 Å². The predicted molar refractivity (Wildman–Crippen MR) is 92.6 cm³/mol. The quantitative estimate of drug-likeness (QED) is 0.402. The van der Waals surface area contributed by atoms with Crippen molar-refractivity contribution in [2.75, 3.05) is 0 Å². The number of rotatable bonds is 4. The van der Waals surface area contributed by atoms with Gasteiger partial charge in [0.25, 0.3) is 6.10 Å². The largest absolute Gasteiger partial charge is 0.444 e. The molecule has 0 spiro atoms. The predicted octanol–water partition coefficient (Wildman–Crippen LogP) is 2.92. The number of ether oxygens (including phenoxy) is 1. The van der Waals surface area contributed by atoms with E-state index in [1.165, 1.54) is 24.3 Å². The number of carbonyl (C=O) groups excluding carboxylic acids is 1. The molecule has 0 aliphatic carbocycles. The van der Waals surface area contributed by atoms with Crippen molar-refractivity contribution in [3.8, 4) is 0 Å². The lowest BCUT2D eigenvalue weighted by atomic mass is 9.90. The molecule has 7 nitrogen and oxygen atoms in total. The standard InChI is InChI=1S/C17H11F5O7S2/c18-16(19,20)15(17(21,22)31(26,27)28)29-14(23)13-9-5-1-3-7-11(9)30(24,25)12-8-4-2-6-10(12)13/h1-8,13,15H,(H,26,27,28). The summed E-state index contributed by atoms with van der Waals surface area (Å²) in [6, 6.07) is 9.36. The summed E-state index contributed by atoms with van der Waals surface area (Å²) >= 11 is 0. The molecule has 0 bridgehead atoms. The van der Waals surface area contributed by atoms with Crippen LogP contribution in [0.25, 0.3) is 0 Å². The van der Waals surface area contributed by atoms with Crippen molar-refractivity contribution < 1.29 is 52.9 Å². The Kier molecular flexibility index (Phi) is 5.39. The molecule has 31 heavy (non-hydrogen) atoms. The maximum Gasteiger partial charge on any atom is 0.432 e. The van der Waals surface area contributed by atoms with E-state index in [0.29, 0.717) is 0 Å². The first-order valence-corrected chi connectivity index (χ1v) is 11.1. The average Bonchev–Trinajstić information content (AvgIpc) is 2.64. The zero-order valence-electron chi connectivity index (χ0n) is 14.9. The summed E-state index contributed by atoms with van der Waals surface area (Å²) in [6.07, 6.45) is -10.6. The second-order valence-corrected chi connectivity index (χ2v) is 9.79. The van der Waals surface area contributed by atoms with E-state index >= 15 is 0 Å². The van der Waals surface area contributed by atoms with Crippen molar-refractivity contribution in [1.29, 1.82) is 0 Å². The van der Waals surface area contributed by atoms with Crippen LogP contribution in [0.4, 0.5) is 22.0 Å². The van der Waals surface area contributed by atoms with Gasteiger partial charge in [0.05, 0.1) is 9.79 Å². The smallest absolute Gasteiger partial charge is 0.432 e. The van der Waals surface area contributed by atoms with Crippen LogP contribution >= 0.6 is 0 Å². The molecule has 14 heteroatoms. The third-order valence-corrected chi connectivity index (χ3v) is 7.26. The maximum absolute atomic E-state index is 13.8. The molecule has 1 heterocycles. The normalized spacial score (nSPS) is 17.4. The number of hydrogen-bond donors (Lipinski definition) is 1. The van der Waals surface area contributed by atoms with E-state index < -0.39 is 59.2 Å². The minimum atomic E-state index is -6.63. The van der Waals surface area contributed by atoms with Gasteiger partial charge in [-0.1, -0.05) is 36.4 Å². The summed E-state index contributed by atoms with van der Waals surface area (Å²) < 4.78 is 127.